The maximum Gasteiger partial charge on any atom is 0.321 e. The van der Waals surface area contributed by atoms with E-state index < -0.39 is 35.2 Å². The van der Waals surface area contributed by atoms with Gasteiger partial charge in [-0.3, -0.25) is 19.7 Å². The number of benzene rings is 1. The molecule has 0 saturated carbocycles. The van der Waals surface area contributed by atoms with Crippen molar-refractivity contribution in [2.24, 2.45) is 5.92 Å². The molecule has 0 saturated heterocycles. The number of hydrogen-bond acceptors (Lipinski definition) is 7. The van der Waals surface area contributed by atoms with Crippen molar-refractivity contribution in [2.45, 2.75) is 19.8 Å². The SMILES string of the molecule is CCOC(=O)C(C(=O)OCC)[C@@H](C[N+](=O)[O-])c1ccc(OC)cc1. The molecule has 8 heteroatoms. The Morgan fingerprint density at radius 3 is 1.96 bits per heavy atom. The predicted octanol–water partition coefficient (Wildman–Crippen LogP) is 1.80. The minimum atomic E-state index is -1.40. The van der Waals surface area contributed by atoms with Crippen molar-refractivity contribution in [2.75, 3.05) is 26.9 Å². The van der Waals surface area contributed by atoms with Crippen LogP contribution in [0.1, 0.15) is 25.3 Å². The fourth-order valence-electron chi connectivity index (χ4n) is 2.30. The smallest absolute Gasteiger partial charge is 0.321 e. The van der Waals surface area contributed by atoms with Gasteiger partial charge in [-0.15, -0.1) is 0 Å². The molecule has 0 aliphatic carbocycles. The zero-order valence-electron chi connectivity index (χ0n) is 13.9. The molecule has 8 nitrogen and oxygen atoms in total. The summed E-state index contributed by atoms with van der Waals surface area (Å²) in [4.78, 5) is 34.9. The van der Waals surface area contributed by atoms with Gasteiger partial charge in [0.1, 0.15) is 5.75 Å². The number of carbonyl (C=O) groups is 2. The zero-order chi connectivity index (χ0) is 18.1. The Hall–Kier alpha value is -2.64. The van der Waals surface area contributed by atoms with Crippen LogP contribution >= 0.6 is 0 Å². The molecule has 0 radical (unpaired) electrons. The van der Waals surface area contributed by atoms with E-state index in [1.54, 1.807) is 38.1 Å². The third-order valence-corrected chi connectivity index (χ3v) is 3.37. The first-order chi connectivity index (χ1) is 11.4. The van der Waals surface area contributed by atoms with Crippen molar-refractivity contribution in [1.82, 2.24) is 0 Å². The summed E-state index contributed by atoms with van der Waals surface area (Å²) >= 11 is 0. The first-order valence-corrected chi connectivity index (χ1v) is 7.53. The number of nitrogens with zero attached hydrogens (tertiary/aromatic N) is 1. The van der Waals surface area contributed by atoms with Crippen molar-refractivity contribution < 1.29 is 28.7 Å². The van der Waals surface area contributed by atoms with Gasteiger partial charge in [-0.2, -0.15) is 0 Å². The van der Waals surface area contributed by atoms with Gasteiger partial charge in [0.2, 0.25) is 6.54 Å². The van der Waals surface area contributed by atoms with E-state index in [4.69, 9.17) is 14.2 Å². The minimum Gasteiger partial charge on any atom is -0.497 e. The van der Waals surface area contributed by atoms with E-state index in [0.29, 0.717) is 11.3 Å². The quantitative estimate of drug-likeness (QED) is 0.292. The maximum atomic E-state index is 12.2. The molecule has 1 rings (SSSR count). The molecule has 0 aliphatic rings. The highest BCUT2D eigenvalue weighted by Gasteiger charge is 2.41. The normalized spacial score (nSPS) is 11.7. The summed E-state index contributed by atoms with van der Waals surface area (Å²) in [5.74, 6) is -3.51. The first kappa shape index (κ1) is 19.4. The lowest BCUT2D eigenvalue weighted by Crippen LogP contribution is -2.36. The van der Waals surface area contributed by atoms with Gasteiger partial charge in [0.25, 0.3) is 0 Å². The summed E-state index contributed by atoms with van der Waals surface area (Å²) in [7, 11) is 1.49. The molecule has 0 bridgehead atoms. The van der Waals surface area contributed by atoms with Crippen LogP contribution < -0.4 is 4.74 Å². The molecule has 1 aromatic rings. The van der Waals surface area contributed by atoms with Crippen LogP contribution in [0.15, 0.2) is 24.3 Å². The number of methoxy groups -OCH3 is 1. The van der Waals surface area contributed by atoms with E-state index in [-0.39, 0.29) is 13.2 Å². The lowest BCUT2D eigenvalue weighted by atomic mass is 9.85. The van der Waals surface area contributed by atoms with Crippen LogP contribution in [-0.2, 0) is 19.1 Å². The van der Waals surface area contributed by atoms with Gasteiger partial charge in [-0.25, -0.2) is 0 Å². The summed E-state index contributed by atoms with van der Waals surface area (Å²) in [6.07, 6.45) is 0. The zero-order valence-corrected chi connectivity index (χ0v) is 13.9. The fourth-order valence-corrected chi connectivity index (χ4v) is 2.30. The van der Waals surface area contributed by atoms with E-state index in [1.165, 1.54) is 7.11 Å². The first-order valence-electron chi connectivity index (χ1n) is 7.53. The molecule has 0 spiro atoms. The third-order valence-electron chi connectivity index (χ3n) is 3.37. The minimum absolute atomic E-state index is 0.0581. The Balaban J connectivity index is 3.25. The van der Waals surface area contributed by atoms with Crippen molar-refractivity contribution >= 4 is 11.9 Å². The van der Waals surface area contributed by atoms with Crippen molar-refractivity contribution in [1.29, 1.82) is 0 Å². The molecule has 0 N–H and O–H groups in total. The van der Waals surface area contributed by atoms with Crippen LogP contribution in [0.4, 0.5) is 0 Å². The van der Waals surface area contributed by atoms with Crippen LogP contribution in [0.25, 0.3) is 0 Å². The average Bonchev–Trinajstić information content (AvgIpc) is 2.54. The average molecular weight is 339 g/mol. The second kappa shape index (κ2) is 9.49. The number of ether oxygens (including phenoxy) is 3. The van der Waals surface area contributed by atoms with Gasteiger partial charge < -0.3 is 14.2 Å². The van der Waals surface area contributed by atoms with Crippen LogP contribution in [0.3, 0.4) is 0 Å². The van der Waals surface area contributed by atoms with E-state index >= 15 is 0 Å². The van der Waals surface area contributed by atoms with E-state index in [1.807, 2.05) is 0 Å². The molecule has 1 atom stereocenters. The molecule has 0 unspecified atom stereocenters. The highest BCUT2D eigenvalue weighted by Crippen LogP contribution is 2.29. The lowest BCUT2D eigenvalue weighted by molar-refractivity contribution is -0.484. The van der Waals surface area contributed by atoms with Gasteiger partial charge in [0.15, 0.2) is 5.92 Å². The molecule has 0 aromatic heterocycles. The predicted molar refractivity (Wildman–Crippen MR) is 84.4 cm³/mol. The Labute approximate surface area is 139 Å². The summed E-state index contributed by atoms with van der Waals surface area (Å²) < 4.78 is 14.9. The van der Waals surface area contributed by atoms with E-state index in [9.17, 15) is 19.7 Å². The van der Waals surface area contributed by atoms with Crippen LogP contribution in [-0.4, -0.2) is 43.7 Å². The van der Waals surface area contributed by atoms with Crippen LogP contribution in [0.2, 0.25) is 0 Å². The number of carbonyl (C=O) groups excluding carboxylic acids is 2. The molecular formula is C16H21NO7. The molecule has 0 fully saturated rings. The summed E-state index contributed by atoms with van der Waals surface area (Å²) in [5.41, 5.74) is 0.457. The highest BCUT2D eigenvalue weighted by atomic mass is 16.6. The second-order valence-corrected chi connectivity index (χ2v) is 4.88. The topological polar surface area (TPSA) is 105 Å². The van der Waals surface area contributed by atoms with Gasteiger partial charge >= 0.3 is 11.9 Å². The number of esters is 2. The van der Waals surface area contributed by atoms with E-state index in [0.717, 1.165) is 0 Å². The van der Waals surface area contributed by atoms with Crippen LogP contribution in [0.5, 0.6) is 5.75 Å². The van der Waals surface area contributed by atoms with Gasteiger partial charge in [0, 0.05) is 4.92 Å². The molecule has 0 aliphatic heterocycles. The number of hydrogen-bond donors (Lipinski definition) is 0. The Morgan fingerprint density at radius 1 is 1.08 bits per heavy atom. The highest BCUT2D eigenvalue weighted by molar-refractivity contribution is 5.96. The summed E-state index contributed by atoms with van der Waals surface area (Å²) in [5, 5.41) is 11.0. The second-order valence-electron chi connectivity index (χ2n) is 4.88. The fraction of sp³-hybridized carbons (Fsp3) is 0.500. The number of nitro groups is 1. The Kier molecular flexibility index (Phi) is 7.67. The van der Waals surface area contributed by atoms with Crippen molar-refractivity contribution in [3.8, 4) is 5.75 Å². The molecular weight excluding hydrogens is 318 g/mol. The van der Waals surface area contributed by atoms with Crippen molar-refractivity contribution in [3.05, 3.63) is 39.9 Å². The molecule has 132 valence electrons. The molecule has 0 heterocycles. The largest absolute Gasteiger partial charge is 0.497 e. The monoisotopic (exact) mass is 339 g/mol. The summed E-state index contributed by atoms with van der Waals surface area (Å²) in [6.45, 7) is 2.70. The Bertz CT molecular complexity index is 552. The Morgan fingerprint density at radius 2 is 1.58 bits per heavy atom. The van der Waals surface area contributed by atoms with Crippen molar-refractivity contribution in [3.63, 3.8) is 0 Å². The summed E-state index contributed by atoms with van der Waals surface area (Å²) in [6, 6.07) is 6.38. The molecule has 1 aromatic carbocycles. The molecule has 24 heavy (non-hydrogen) atoms. The third kappa shape index (κ3) is 5.22. The van der Waals surface area contributed by atoms with Gasteiger partial charge in [0.05, 0.1) is 26.2 Å². The van der Waals surface area contributed by atoms with E-state index in [2.05, 4.69) is 0 Å². The van der Waals surface area contributed by atoms with Gasteiger partial charge in [-0.05, 0) is 31.5 Å². The lowest BCUT2D eigenvalue weighted by Gasteiger charge is -2.21. The van der Waals surface area contributed by atoms with Gasteiger partial charge in [-0.1, -0.05) is 12.1 Å². The standard InChI is InChI=1S/C16H21NO7/c1-4-23-15(18)14(16(19)24-5-2)13(10-17(20)21)11-6-8-12(22-3)9-7-11/h6-9,13-14H,4-5,10H2,1-3H3/t13-/m0/s1. The van der Waals surface area contributed by atoms with Crippen LogP contribution in [0, 0.1) is 16.0 Å². The maximum absolute atomic E-state index is 12.2. The molecule has 0 amide bonds. The number of rotatable bonds is 9.